The van der Waals surface area contributed by atoms with Crippen LogP contribution in [0.5, 0.6) is 0 Å². The van der Waals surface area contributed by atoms with Gasteiger partial charge in [0.05, 0.1) is 6.54 Å². The molecule has 7 nitrogen and oxygen atoms in total. The lowest BCUT2D eigenvalue weighted by Gasteiger charge is -2.38. The monoisotopic (exact) mass is 355 g/mol. The summed E-state index contributed by atoms with van der Waals surface area (Å²) in [4.78, 5) is 11.1. The van der Waals surface area contributed by atoms with Crippen molar-refractivity contribution < 1.29 is 0 Å². The molecule has 0 radical (unpaired) electrons. The molecule has 140 valence electrons. The number of piperidine rings is 1. The zero-order valence-electron chi connectivity index (χ0n) is 15.9. The molecule has 0 saturated carbocycles. The lowest BCUT2D eigenvalue weighted by atomic mass is 9.97. The maximum Gasteiger partial charge on any atom is 0.191 e. The molecule has 0 aliphatic carbocycles. The average molecular weight is 355 g/mol. The summed E-state index contributed by atoms with van der Waals surface area (Å²) in [5.41, 5.74) is 1.38. The van der Waals surface area contributed by atoms with Crippen molar-refractivity contribution >= 4 is 5.96 Å². The Morgan fingerprint density at radius 3 is 2.77 bits per heavy atom. The smallest absolute Gasteiger partial charge is 0.191 e. The predicted molar refractivity (Wildman–Crippen MR) is 104 cm³/mol. The topological polar surface area (TPSA) is 70.4 Å². The number of guanidine groups is 1. The Hall–Kier alpha value is -2.41. The van der Waals surface area contributed by atoms with E-state index in [4.69, 9.17) is 0 Å². The van der Waals surface area contributed by atoms with Crippen LogP contribution in [0.4, 0.5) is 0 Å². The fourth-order valence-electron chi connectivity index (χ4n) is 3.44. The SMILES string of the molecule is CN=C(NCc1ncnn1C)NC1CCN(Cc2ccccc2)C(C)C1. The molecule has 0 bridgehead atoms. The molecule has 1 saturated heterocycles. The number of aromatic nitrogens is 3. The molecule has 1 aliphatic heterocycles. The lowest BCUT2D eigenvalue weighted by Crippen LogP contribution is -2.51. The molecule has 1 aliphatic rings. The highest BCUT2D eigenvalue weighted by molar-refractivity contribution is 5.79. The highest BCUT2D eigenvalue weighted by Crippen LogP contribution is 2.19. The van der Waals surface area contributed by atoms with Gasteiger partial charge in [-0.3, -0.25) is 14.6 Å². The van der Waals surface area contributed by atoms with Gasteiger partial charge in [0.15, 0.2) is 5.96 Å². The van der Waals surface area contributed by atoms with Crippen molar-refractivity contribution in [1.82, 2.24) is 30.3 Å². The van der Waals surface area contributed by atoms with E-state index in [1.165, 1.54) is 5.56 Å². The van der Waals surface area contributed by atoms with Crippen LogP contribution in [0.3, 0.4) is 0 Å². The Morgan fingerprint density at radius 1 is 1.31 bits per heavy atom. The molecule has 1 aromatic carbocycles. The van der Waals surface area contributed by atoms with Crippen molar-refractivity contribution in [2.45, 2.75) is 44.9 Å². The van der Waals surface area contributed by atoms with Crippen LogP contribution in [0.1, 0.15) is 31.2 Å². The number of hydrogen-bond donors (Lipinski definition) is 2. The first-order valence-electron chi connectivity index (χ1n) is 9.23. The first kappa shape index (κ1) is 18.4. The van der Waals surface area contributed by atoms with Crippen molar-refractivity contribution in [2.24, 2.45) is 12.0 Å². The van der Waals surface area contributed by atoms with Crippen LogP contribution in [0.2, 0.25) is 0 Å². The summed E-state index contributed by atoms with van der Waals surface area (Å²) in [5, 5.41) is 11.0. The Morgan fingerprint density at radius 2 is 2.12 bits per heavy atom. The van der Waals surface area contributed by atoms with Crippen LogP contribution in [0, 0.1) is 0 Å². The molecule has 3 rings (SSSR count). The molecular formula is C19H29N7. The third kappa shape index (κ3) is 4.82. The van der Waals surface area contributed by atoms with Gasteiger partial charge in [0.2, 0.25) is 0 Å². The number of aliphatic imine (C=N–C) groups is 1. The summed E-state index contributed by atoms with van der Waals surface area (Å²) in [6.45, 7) is 5.03. The van der Waals surface area contributed by atoms with E-state index in [-0.39, 0.29) is 0 Å². The normalized spacial score (nSPS) is 21.6. The van der Waals surface area contributed by atoms with Crippen molar-refractivity contribution in [3.63, 3.8) is 0 Å². The number of aryl methyl sites for hydroxylation is 1. The zero-order valence-corrected chi connectivity index (χ0v) is 15.9. The minimum atomic E-state index is 0.433. The minimum Gasteiger partial charge on any atom is -0.354 e. The molecule has 2 unspecified atom stereocenters. The third-order valence-electron chi connectivity index (χ3n) is 5.03. The number of rotatable bonds is 5. The van der Waals surface area contributed by atoms with Crippen molar-refractivity contribution in [2.75, 3.05) is 13.6 Å². The van der Waals surface area contributed by atoms with Gasteiger partial charge in [0.25, 0.3) is 0 Å². The van der Waals surface area contributed by atoms with E-state index in [0.717, 1.165) is 37.7 Å². The number of nitrogens with one attached hydrogen (secondary N) is 2. The summed E-state index contributed by atoms with van der Waals surface area (Å²) in [6, 6.07) is 11.7. The van der Waals surface area contributed by atoms with Crippen LogP contribution < -0.4 is 10.6 Å². The van der Waals surface area contributed by atoms with Crippen LogP contribution in [0.25, 0.3) is 0 Å². The first-order valence-corrected chi connectivity index (χ1v) is 9.23. The van der Waals surface area contributed by atoms with Gasteiger partial charge < -0.3 is 10.6 Å². The lowest BCUT2D eigenvalue weighted by molar-refractivity contribution is 0.134. The van der Waals surface area contributed by atoms with Gasteiger partial charge >= 0.3 is 0 Å². The Balaban J connectivity index is 1.47. The highest BCUT2D eigenvalue weighted by Gasteiger charge is 2.25. The van der Waals surface area contributed by atoms with E-state index < -0.39 is 0 Å². The molecule has 2 N–H and O–H groups in total. The molecule has 2 atom stereocenters. The molecular weight excluding hydrogens is 326 g/mol. The second-order valence-electron chi connectivity index (χ2n) is 6.90. The molecule has 0 amide bonds. The number of hydrogen-bond acceptors (Lipinski definition) is 4. The summed E-state index contributed by atoms with van der Waals surface area (Å²) in [7, 11) is 3.70. The van der Waals surface area contributed by atoms with E-state index in [9.17, 15) is 0 Å². The number of likely N-dealkylation sites (tertiary alicyclic amines) is 1. The van der Waals surface area contributed by atoms with Gasteiger partial charge in [0.1, 0.15) is 12.2 Å². The van der Waals surface area contributed by atoms with Gasteiger partial charge in [-0.15, -0.1) is 0 Å². The summed E-state index contributed by atoms with van der Waals surface area (Å²) < 4.78 is 1.77. The van der Waals surface area contributed by atoms with Crippen LogP contribution in [-0.4, -0.2) is 51.3 Å². The highest BCUT2D eigenvalue weighted by atomic mass is 15.3. The van der Waals surface area contributed by atoms with Gasteiger partial charge in [-0.2, -0.15) is 5.10 Å². The fourth-order valence-corrected chi connectivity index (χ4v) is 3.44. The Kier molecular flexibility index (Phi) is 6.22. The van der Waals surface area contributed by atoms with Gasteiger partial charge in [-0.05, 0) is 25.3 Å². The number of nitrogens with zero attached hydrogens (tertiary/aromatic N) is 5. The van der Waals surface area contributed by atoms with E-state index in [0.29, 0.717) is 18.6 Å². The second kappa shape index (κ2) is 8.80. The van der Waals surface area contributed by atoms with Crippen LogP contribution in [-0.2, 0) is 20.1 Å². The largest absolute Gasteiger partial charge is 0.354 e. The van der Waals surface area contributed by atoms with Crippen molar-refractivity contribution in [3.05, 3.63) is 48.0 Å². The van der Waals surface area contributed by atoms with Crippen molar-refractivity contribution in [1.29, 1.82) is 0 Å². The summed E-state index contributed by atoms with van der Waals surface area (Å²) >= 11 is 0. The zero-order chi connectivity index (χ0) is 18.4. The standard InChI is InChI=1S/C19H29N7/c1-15-11-17(9-10-26(15)13-16-7-5-4-6-8-16)24-19(20-2)21-12-18-22-14-23-25(18)3/h4-8,14-15,17H,9-13H2,1-3H3,(H2,20,21,24). The fraction of sp³-hybridized carbons (Fsp3) is 0.526. The number of benzene rings is 1. The van der Waals surface area contributed by atoms with Crippen LogP contribution in [0.15, 0.2) is 41.7 Å². The predicted octanol–water partition coefficient (Wildman–Crippen LogP) is 1.53. The Bertz CT molecular complexity index is 710. The van der Waals surface area contributed by atoms with E-state index in [1.807, 2.05) is 7.05 Å². The molecule has 7 heteroatoms. The molecule has 2 heterocycles. The Labute approximate surface area is 155 Å². The molecule has 1 aromatic heterocycles. The van der Waals surface area contributed by atoms with E-state index in [2.05, 4.69) is 67.9 Å². The first-order chi connectivity index (χ1) is 12.7. The molecule has 0 spiro atoms. The second-order valence-corrected chi connectivity index (χ2v) is 6.90. The molecule has 2 aromatic rings. The van der Waals surface area contributed by atoms with E-state index in [1.54, 1.807) is 18.1 Å². The molecule has 26 heavy (non-hydrogen) atoms. The van der Waals surface area contributed by atoms with Gasteiger partial charge in [-0.25, -0.2) is 4.98 Å². The van der Waals surface area contributed by atoms with Gasteiger partial charge in [0, 0.05) is 39.3 Å². The maximum atomic E-state index is 4.35. The summed E-state index contributed by atoms with van der Waals surface area (Å²) in [5.74, 6) is 1.71. The maximum absolute atomic E-state index is 4.35. The molecule has 1 fully saturated rings. The average Bonchev–Trinajstić information content (AvgIpc) is 3.06. The minimum absolute atomic E-state index is 0.433. The van der Waals surface area contributed by atoms with Gasteiger partial charge in [-0.1, -0.05) is 30.3 Å². The van der Waals surface area contributed by atoms with Crippen LogP contribution >= 0.6 is 0 Å². The van der Waals surface area contributed by atoms with Crippen molar-refractivity contribution in [3.8, 4) is 0 Å². The quantitative estimate of drug-likeness (QED) is 0.629. The van der Waals surface area contributed by atoms with E-state index >= 15 is 0 Å². The summed E-state index contributed by atoms with van der Waals surface area (Å²) in [6.07, 6.45) is 3.79. The third-order valence-corrected chi connectivity index (χ3v) is 5.03.